The Balaban J connectivity index is 2.68. The maximum atomic E-state index is 11.8. The number of carboxylic acids is 1. The molecule has 0 fully saturated rings. The SMILES string of the molecule is COC(=O)c1c(C)c(C(=O)C(=O)O)n2c1CCCC2. The van der Waals surface area contributed by atoms with Gasteiger partial charge in [-0.1, -0.05) is 0 Å². The summed E-state index contributed by atoms with van der Waals surface area (Å²) in [5, 5.41) is 8.89. The van der Waals surface area contributed by atoms with Crippen LogP contribution in [0.15, 0.2) is 0 Å². The van der Waals surface area contributed by atoms with Gasteiger partial charge in [0, 0.05) is 12.2 Å². The average molecular weight is 265 g/mol. The van der Waals surface area contributed by atoms with Crippen molar-refractivity contribution in [1.29, 1.82) is 0 Å². The quantitative estimate of drug-likeness (QED) is 0.504. The van der Waals surface area contributed by atoms with Gasteiger partial charge in [0.1, 0.15) is 5.69 Å². The normalized spacial score (nSPS) is 13.8. The van der Waals surface area contributed by atoms with Gasteiger partial charge in [-0.05, 0) is 31.7 Å². The number of methoxy groups -OCH3 is 1. The van der Waals surface area contributed by atoms with Crippen molar-refractivity contribution < 1.29 is 24.2 Å². The number of carbonyl (C=O) groups is 3. The van der Waals surface area contributed by atoms with Gasteiger partial charge in [-0.2, -0.15) is 0 Å². The molecule has 1 aromatic rings. The lowest BCUT2D eigenvalue weighted by molar-refractivity contribution is -0.131. The Morgan fingerprint density at radius 2 is 1.95 bits per heavy atom. The number of hydrogen-bond acceptors (Lipinski definition) is 4. The zero-order valence-electron chi connectivity index (χ0n) is 10.9. The number of Topliss-reactive ketones (excluding diaryl/α,β-unsaturated/α-hetero) is 1. The van der Waals surface area contributed by atoms with Gasteiger partial charge in [-0.25, -0.2) is 9.59 Å². The fraction of sp³-hybridized carbons (Fsp3) is 0.462. The molecular formula is C13H15NO5. The largest absolute Gasteiger partial charge is 0.475 e. The molecule has 102 valence electrons. The fourth-order valence-electron chi connectivity index (χ4n) is 2.64. The molecule has 1 aliphatic heterocycles. The maximum Gasteiger partial charge on any atom is 0.378 e. The van der Waals surface area contributed by atoms with Crippen molar-refractivity contribution in [3.8, 4) is 0 Å². The second kappa shape index (κ2) is 4.87. The molecule has 0 radical (unpaired) electrons. The second-order valence-electron chi connectivity index (χ2n) is 4.53. The Bertz CT molecular complexity index is 570. The van der Waals surface area contributed by atoms with Crippen molar-refractivity contribution in [1.82, 2.24) is 4.57 Å². The number of fused-ring (bicyclic) bond motifs is 1. The molecule has 1 N–H and O–H groups in total. The van der Waals surface area contributed by atoms with Gasteiger partial charge in [-0.3, -0.25) is 4.79 Å². The van der Waals surface area contributed by atoms with Gasteiger partial charge in [0.05, 0.1) is 12.7 Å². The summed E-state index contributed by atoms with van der Waals surface area (Å²) in [6, 6.07) is 0. The van der Waals surface area contributed by atoms with Crippen molar-refractivity contribution in [3.63, 3.8) is 0 Å². The third-order valence-electron chi connectivity index (χ3n) is 3.46. The Hall–Kier alpha value is -2.11. The number of carbonyl (C=O) groups excluding carboxylic acids is 2. The minimum atomic E-state index is -1.51. The lowest BCUT2D eigenvalue weighted by Crippen LogP contribution is -2.21. The Morgan fingerprint density at radius 3 is 2.53 bits per heavy atom. The average Bonchev–Trinajstić information content (AvgIpc) is 2.69. The molecule has 6 heteroatoms. The topological polar surface area (TPSA) is 85.6 Å². The summed E-state index contributed by atoms with van der Waals surface area (Å²) in [5.41, 5.74) is 1.55. The van der Waals surface area contributed by atoms with Gasteiger partial charge in [-0.15, -0.1) is 0 Å². The van der Waals surface area contributed by atoms with Crippen LogP contribution in [0.4, 0.5) is 0 Å². The molecule has 0 amide bonds. The zero-order chi connectivity index (χ0) is 14.2. The fourth-order valence-corrected chi connectivity index (χ4v) is 2.64. The van der Waals surface area contributed by atoms with Crippen LogP contribution in [0.2, 0.25) is 0 Å². The molecule has 19 heavy (non-hydrogen) atoms. The molecule has 1 aliphatic rings. The predicted molar refractivity (Wildman–Crippen MR) is 65.4 cm³/mol. The number of ether oxygens (including phenoxy) is 1. The summed E-state index contributed by atoms with van der Waals surface area (Å²) < 4.78 is 6.38. The molecule has 2 rings (SSSR count). The molecule has 2 heterocycles. The number of ketones is 1. The number of esters is 1. The van der Waals surface area contributed by atoms with E-state index in [4.69, 9.17) is 9.84 Å². The van der Waals surface area contributed by atoms with Crippen molar-refractivity contribution in [2.75, 3.05) is 7.11 Å². The highest BCUT2D eigenvalue weighted by atomic mass is 16.5. The number of rotatable bonds is 3. The molecule has 0 atom stereocenters. The van der Waals surface area contributed by atoms with E-state index in [9.17, 15) is 14.4 Å². The first-order valence-electron chi connectivity index (χ1n) is 6.07. The minimum Gasteiger partial charge on any atom is -0.475 e. The van der Waals surface area contributed by atoms with Crippen LogP contribution in [0.25, 0.3) is 0 Å². The summed E-state index contributed by atoms with van der Waals surface area (Å²) in [6.07, 6.45) is 2.42. The third-order valence-corrected chi connectivity index (χ3v) is 3.46. The van der Waals surface area contributed by atoms with Crippen molar-refractivity contribution in [2.24, 2.45) is 0 Å². The highest BCUT2D eigenvalue weighted by Crippen LogP contribution is 2.29. The standard InChI is InChI=1S/C13H15NO5/c1-7-9(13(18)19-2)8-5-3-4-6-14(8)10(7)11(15)12(16)17/h3-6H2,1-2H3,(H,16,17). The van der Waals surface area contributed by atoms with E-state index in [0.717, 1.165) is 12.8 Å². The number of carboxylic acid groups (broad SMARTS) is 1. The van der Waals surface area contributed by atoms with Crippen LogP contribution >= 0.6 is 0 Å². The molecule has 0 saturated heterocycles. The summed E-state index contributed by atoms with van der Waals surface area (Å²) >= 11 is 0. The number of aromatic nitrogens is 1. The van der Waals surface area contributed by atoms with Crippen molar-refractivity contribution >= 4 is 17.7 Å². The van der Waals surface area contributed by atoms with Crippen LogP contribution in [0.1, 0.15) is 44.9 Å². The van der Waals surface area contributed by atoms with Gasteiger partial charge in [0.25, 0.3) is 5.78 Å². The van der Waals surface area contributed by atoms with Gasteiger partial charge in [0.15, 0.2) is 0 Å². The lowest BCUT2D eigenvalue weighted by Gasteiger charge is -2.17. The molecule has 0 unspecified atom stereocenters. The van der Waals surface area contributed by atoms with Crippen LogP contribution in [0.3, 0.4) is 0 Å². The highest BCUT2D eigenvalue weighted by molar-refractivity contribution is 6.40. The van der Waals surface area contributed by atoms with Gasteiger partial charge >= 0.3 is 11.9 Å². The van der Waals surface area contributed by atoms with E-state index >= 15 is 0 Å². The van der Waals surface area contributed by atoms with E-state index in [1.165, 1.54) is 7.11 Å². The molecule has 0 bridgehead atoms. The Morgan fingerprint density at radius 1 is 1.26 bits per heavy atom. The van der Waals surface area contributed by atoms with Crippen LogP contribution in [-0.2, 0) is 22.5 Å². The number of nitrogens with zero attached hydrogens (tertiary/aromatic N) is 1. The van der Waals surface area contributed by atoms with E-state index in [1.807, 2.05) is 0 Å². The summed E-state index contributed by atoms with van der Waals surface area (Å²) in [6.45, 7) is 2.15. The van der Waals surface area contributed by atoms with E-state index < -0.39 is 17.7 Å². The number of hydrogen-bond donors (Lipinski definition) is 1. The molecule has 0 aliphatic carbocycles. The first-order valence-corrected chi connectivity index (χ1v) is 6.07. The second-order valence-corrected chi connectivity index (χ2v) is 4.53. The highest BCUT2D eigenvalue weighted by Gasteiger charge is 2.32. The molecule has 0 spiro atoms. The summed E-state index contributed by atoms with van der Waals surface area (Å²) in [7, 11) is 1.27. The first-order chi connectivity index (χ1) is 8.99. The molecule has 0 saturated carbocycles. The van der Waals surface area contributed by atoms with E-state index in [0.29, 0.717) is 29.8 Å². The monoisotopic (exact) mass is 265 g/mol. The van der Waals surface area contributed by atoms with Crippen LogP contribution in [0, 0.1) is 6.92 Å². The Labute approximate surface area is 110 Å². The predicted octanol–water partition coefficient (Wildman–Crippen LogP) is 1.19. The molecule has 1 aromatic heterocycles. The molecular weight excluding hydrogens is 250 g/mol. The van der Waals surface area contributed by atoms with E-state index in [1.54, 1.807) is 11.5 Å². The van der Waals surface area contributed by atoms with Crippen molar-refractivity contribution in [2.45, 2.75) is 32.7 Å². The van der Waals surface area contributed by atoms with E-state index in [-0.39, 0.29) is 5.69 Å². The minimum absolute atomic E-state index is 0.0996. The van der Waals surface area contributed by atoms with Gasteiger partial charge in [0.2, 0.25) is 0 Å². The lowest BCUT2D eigenvalue weighted by atomic mass is 10.0. The van der Waals surface area contributed by atoms with Crippen LogP contribution in [-0.4, -0.2) is 34.5 Å². The zero-order valence-corrected chi connectivity index (χ0v) is 10.9. The molecule has 0 aromatic carbocycles. The third kappa shape index (κ3) is 2.03. The summed E-state index contributed by atoms with van der Waals surface area (Å²) in [4.78, 5) is 34.5. The Kier molecular flexibility index (Phi) is 3.42. The van der Waals surface area contributed by atoms with Crippen molar-refractivity contribution in [3.05, 3.63) is 22.5 Å². The maximum absolute atomic E-state index is 11.8. The first kappa shape index (κ1) is 13.3. The smallest absolute Gasteiger partial charge is 0.378 e. The van der Waals surface area contributed by atoms with Gasteiger partial charge < -0.3 is 14.4 Å². The van der Waals surface area contributed by atoms with E-state index in [2.05, 4.69) is 0 Å². The van der Waals surface area contributed by atoms with Crippen LogP contribution < -0.4 is 0 Å². The van der Waals surface area contributed by atoms with Crippen LogP contribution in [0.5, 0.6) is 0 Å². The number of aliphatic carboxylic acids is 1. The summed E-state index contributed by atoms with van der Waals surface area (Å²) in [5.74, 6) is -3.01. The molecule has 6 nitrogen and oxygen atoms in total.